The van der Waals surface area contributed by atoms with Crippen molar-refractivity contribution in [3.05, 3.63) is 24.5 Å². The fourth-order valence-corrected chi connectivity index (χ4v) is 3.03. The quantitative estimate of drug-likeness (QED) is 0.516. The molecule has 0 spiro atoms. The van der Waals surface area contributed by atoms with Crippen LogP contribution in [0.25, 0.3) is 20.4 Å². The van der Waals surface area contributed by atoms with Crippen LogP contribution in [0.1, 0.15) is 0 Å². The predicted molar refractivity (Wildman–Crippen MR) is 57.3 cm³/mol. The van der Waals surface area contributed by atoms with E-state index in [1.165, 1.54) is 20.4 Å². The summed E-state index contributed by atoms with van der Waals surface area (Å²) in [4.78, 5) is 0. The number of nitrogens with zero attached hydrogens (tertiary/aromatic N) is 2. The van der Waals surface area contributed by atoms with Crippen LogP contribution in [0.2, 0.25) is 0 Å². The third-order valence-electron chi connectivity index (χ3n) is 2.52. The molecule has 0 saturated carbocycles. The minimum Gasteiger partial charge on any atom is -0.348 e. The molecule has 66 valence electrons. The summed E-state index contributed by atoms with van der Waals surface area (Å²) in [6.07, 6.45) is 4.24. The normalized spacial score (nSPS) is 11.8. The number of hydrogen-bond donors (Lipinski definition) is 0. The van der Waals surface area contributed by atoms with Crippen molar-refractivity contribution >= 4 is 31.8 Å². The Labute approximate surface area is 80.0 Å². The van der Waals surface area contributed by atoms with Gasteiger partial charge in [-0.3, -0.25) is 0 Å². The molecule has 0 bridgehead atoms. The Hall–Kier alpha value is -1.22. The van der Waals surface area contributed by atoms with Crippen LogP contribution in [0.15, 0.2) is 24.5 Å². The van der Waals surface area contributed by atoms with E-state index < -0.39 is 0 Å². The fourth-order valence-electron chi connectivity index (χ4n) is 1.86. The Kier molecular flexibility index (Phi) is 1.21. The molecule has 0 atom stereocenters. The lowest BCUT2D eigenvalue weighted by molar-refractivity contribution is 0.943. The Morgan fingerprint density at radius 3 is 1.85 bits per heavy atom. The van der Waals surface area contributed by atoms with E-state index in [-0.39, 0.29) is 0 Å². The van der Waals surface area contributed by atoms with E-state index in [2.05, 4.69) is 47.8 Å². The number of aryl methyl sites for hydroxylation is 2. The molecule has 0 aliphatic carbocycles. The number of fused-ring (bicyclic) bond motifs is 3. The van der Waals surface area contributed by atoms with Crippen LogP contribution < -0.4 is 0 Å². The Morgan fingerprint density at radius 2 is 1.38 bits per heavy atom. The van der Waals surface area contributed by atoms with Gasteiger partial charge in [-0.25, -0.2) is 0 Å². The predicted octanol–water partition coefficient (Wildman–Crippen LogP) is 2.73. The molecule has 0 aliphatic rings. The molecule has 0 aromatic carbocycles. The molecule has 0 fully saturated rings. The van der Waals surface area contributed by atoms with E-state index in [1.54, 1.807) is 0 Å². The van der Waals surface area contributed by atoms with Crippen LogP contribution in [0.3, 0.4) is 0 Å². The highest BCUT2D eigenvalue weighted by molar-refractivity contribution is 7.25. The van der Waals surface area contributed by atoms with E-state index in [0.717, 1.165) is 0 Å². The molecule has 0 saturated heterocycles. The van der Waals surface area contributed by atoms with E-state index in [1.807, 2.05) is 11.3 Å². The molecule has 0 radical (unpaired) electrons. The van der Waals surface area contributed by atoms with E-state index in [0.29, 0.717) is 0 Å². The van der Waals surface area contributed by atoms with Gasteiger partial charge >= 0.3 is 0 Å². The Morgan fingerprint density at radius 1 is 0.923 bits per heavy atom. The average molecular weight is 190 g/mol. The SMILES string of the molecule is Cn1ccc2sc3ccn(C)c3c21. The molecular weight excluding hydrogens is 180 g/mol. The highest BCUT2D eigenvalue weighted by Gasteiger charge is 2.09. The maximum atomic E-state index is 2.19. The first-order valence-electron chi connectivity index (χ1n) is 4.26. The Bertz CT molecular complexity index is 531. The highest BCUT2D eigenvalue weighted by Crippen LogP contribution is 2.34. The first-order chi connectivity index (χ1) is 6.27. The number of hydrogen-bond acceptors (Lipinski definition) is 1. The maximum absolute atomic E-state index is 2.19. The topological polar surface area (TPSA) is 9.86 Å². The van der Waals surface area contributed by atoms with Gasteiger partial charge in [0.05, 0.1) is 20.4 Å². The van der Waals surface area contributed by atoms with Crippen LogP contribution in [0, 0.1) is 0 Å². The van der Waals surface area contributed by atoms with Crippen LogP contribution in [-0.4, -0.2) is 9.13 Å². The minimum atomic E-state index is 1.35. The standard InChI is InChI=1S/C10H10N2S/c1-11-5-3-7-9(11)10-8(13-7)4-6-12(10)2/h3-6H,1-2H3. The molecule has 3 rings (SSSR count). The molecular formula is C10H10N2S. The summed E-state index contributed by atoms with van der Waals surface area (Å²) < 4.78 is 7.13. The van der Waals surface area contributed by atoms with Gasteiger partial charge in [-0.15, -0.1) is 11.3 Å². The van der Waals surface area contributed by atoms with Crippen molar-refractivity contribution in [2.24, 2.45) is 14.1 Å². The van der Waals surface area contributed by atoms with Gasteiger partial charge in [0.15, 0.2) is 0 Å². The van der Waals surface area contributed by atoms with Gasteiger partial charge in [0.2, 0.25) is 0 Å². The highest BCUT2D eigenvalue weighted by atomic mass is 32.1. The summed E-state index contributed by atoms with van der Waals surface area (Å²) in [6.45, 7) is 0. The zero-order valence-corrected chi connectivity index (χ0v) is 8.43. The van der Waals surface area contributed by atoms with Gasteiger partial charge < -0.3 is 9.13 Å². The second kappa shape index (κ2) is 2.17. The summed E-state index contributed by atoms with van der Waals surface area (Å²) in [7, 11) is 4.20. The monoisotopic (exact) mass is 190 g/mol. The second-order valence-electron chi connectivity index (χ2n) is 3.38. The molecule has 0 amide bonds. The minimum absolute atomic E-state index is 1.35. The molecule has 0 N–H and O–H groups in total. The van der Waals surface area contributed by atoms with Crippen molar-refractivity contribution < 1.29 is 0 Å². The summed E-state index contributed by atoms with van der Waals surface area (Å²) in [6, 6.07) is 4.36. The van der Waals surface area contributed by atoms with Crippen LogP contribution in [0.5, 0.6) is 0 Å². The molecule has 13 heavy (non-hydrogen) atoms. The largest absolute Gasteiger partial charge is 0.348 e. The summed E-state index contributed by atoms with van der Waals surface area (Å²) in [5.41, 5.74) is 2.71. The molecule has 3 aromatic heterocycles. The second-order valence-corrected chi connectivity index (χ2v) is 4.46. The third kappa shape index (κ3) is 0.773. The maximum Gasteiger partial charge on any atom is 0.0835 e. The first kappa shape index (κ1) is 7.21. The van der Waals surface area contributed by atoms with Crippen molar-refractivity contribution in [3.63, 3.8) is 0 Å². The van der Waals surface area contributed by atoms with E-state index in [9.17, 15) is 0 Å². The van der Waals surface area contributed by atoms with Gasteiger partial charge in [0.25, 0.3) is 0 Å². The van der Waals surface area contributed by atoms with E-state index in [4.69, 9.17) is 0 Å². The van der Waals surface area contributed by atoms with Gasteiger partial charge in [0.1, 0.15) is 0 Å². The van der Waals surface area contributed by atoms with Crippen molar-refractivity contribution in [1.82, 2.24) is 9.13 Å². The molecule has 3 heteroatoms. The Balaban J connectivity index is 2.70. The van der Waals surface area contributed by atoms with Crippen LogP contribution in [-0.2, 0) is 14.1 Å². The number of thiophene rings is 1. The molecule has 0 unspecified atom stereocenters. The van der Waals surface area contributed by atoms with Gasteiger partial charge in [0, 0.05) is 26.5 Å². The molecule has 3 heterocycles. The van der Waals surface area contributed by atoms with Crippen molar-refractivity contribution in [1.29, 1.82) is 0 Å². The van der Waals surface area contributed by atoms with Crippen LogP contribution in [0.4, 0.5) is 0 Å². The summed E-state index contributed by atoms with van der Waals surface area (Å²) in [5, 5.41) is 0. The van der Waals surface area contributed by atoms with Gasteiger partial charge in [-0.2, -0.15) is 0 Å². The average Bonchev–Trinajstić information content (AvgIpc) is 2.69. The summed E-state index contributed by atoms with van der Waals surface area (Å²) in [5.74, 6) is 0. The number of rotatable bonds is 0. The lowest BCUT2D eigenvalue weighted by atomic mass is 10.4. The van der Waals surface area contributed by atoms with E-state index >= 15 is 0 Å². The van der Waals surface area contributed by atoms with Gasteiger partial charge in [-0.1, -0.05) is 0 Å². The number of aromatic nitrogens is 2. The molecule has 0 aliphatic heterocycles. The van der Waals surface area contributed by atoms with Crippen molar-refractivity contribution in [2.45, 2.75) is 0 Å². The lowest BCUT2D eigenvalue weighted by Gasteiger charge is -1.95. The first-order valence-corrected chi connectivity index (χ1v) is 5.08. The van der Waals surface area contributed by atoms with Gasteiger partial charge in [-0.05, 0) is 12.1 Å². The zero-order chi connectivity index (χ0) is 9.00. The van der Waals surface area contributed by atoms with Crippen molar-refractivity contribution in [3.8, 4) is 0 Å². The molecule has 2 nitrogen and oxygen atoms in total. The fraction of sp³-hybridized carbons (Fsp3) is 0.200. The lowest BCUT2D eigenvalue weighted by Crippen LogP contribution is -1.87. The smallest absolute Gasteiger partial charge is 0.0835 e. The summed E-state index contributed by atoms with van der Waals surface area (Å²) >= 11 is 1.86. The molecule has 3 aromatic rings. The van der Waals surface area contributed by atoms with Crippen LogP contribution >= 0.6 is 11.3 Å². The third-order valence-corrected chi connectivity index (χ3v) is 3.61. The zero-order valence-electron chi connectivity index (χ0n) is 7.61. The van der Waals surface area contributed by atoms with Crippen molar-refractivity contribution in [2.75, 3.05) is 0 Å².